The average molecular weight is 279 g/mol. The van der Waals surface area contributed by atoms with Crippen LogP contribution in [0.1, 0.15) is 42.5 Å². The molecule has 21 heavy (non-hydrogen) atoms. The van der Waals surface area contributed by atoms with Crippen LogP contribution < -0.4 is 5.32 Å². The molecule has 1 saturated carbocycles. The van der Waals surface area contributed by atoms with Gasteiger partial charge in [0, 0.05) is 0 Å². The van der Waals surface area contributed by atoms with Crippen molar-refractivity contribution < 1.29 is 0 Å². The highest BCUT2D eigenvalue weighted by atomic mass is 14.9. The van der Waals surface area contributed by atoms with Crippen molar-refractivity contribution in [2.24, 2.45) is 11.8 Å². The van der Waals surface area contributed by atoms with Gasteiger partial charge in [-0.2, -0.15) is 0 Å². The molecule has 0 amide bonds. The highest BCUT2D eigenvalue weighted by molar-refractivity contribution is 5.36. The van der Waals surface area contributed by atoms with Crippen molar-refractivity contribution in [2.45, 2.75) is 32.7 Å². The molecular weight excluding hydrogens is 254 g/mol. The summed E-state index contributed by atoms with van der Waals surface area (Å²) < 4.78 is 0. The van der Waals surface area contributed by atoms with Crippen molar-refractivity contribution in [3.8, 4) is 0 Å². The van der Waals surface area contributed by atoms with Crippen molar-refractivity contribution in [1.82, 2.24) is 5.32 Å². The van der Waals surface area contributed by atoms with E-state index < -0.39 is 0 Å². The third-order valence-corrected chi connectivity index (χ3v) is 4.70. The summed E-state index contributed by atoms with van der Waals surface area (Å²) in [5, 5.41) is 3.81. The summed E-state index contributed by atoms with van der Waals surface area (Å²) in [6.45, 7) is 5.68. The van der Waals surface area contributed by atoms with Gasteiger partial charge in [0.15, 0.2) is 0 Å². The van der Waals surface area contributed by atoms with Crippen LogP contribution in [0, 0.1) is 18.8 Å². The Morgan fingerprint density at radius 2 is 1.67 bits per heavy atom. The number of hydrogen-bond acceptors (Lipinski definition) is 1. The maximum absolute atomic E-state index is 3.81. The van der Waals surface area contributed by atoms with Crippen LogP contribution in [-0.4, -0.2) is 6.54 Å². The van der Waals surface area contributed by atoms with Gasteiger partial charge in [-0.25, -0.2) is 0 Å². The van der Waals surface area contributed by atoms with Crippen LogP contribution in [0.25, 0.3) is 0 Å². The lowest BCUT2D eigenvalue weighted by atomic mass is 9.94. The molecule has 2 unspecified atom stereocenters. The summed E-state index contributed by atoms with van der Waals surface area (Å²) in [4.78, 5) is 0. The first kappa shape index (κ1) is 14.3. The Morgan fingerprint density at radius 3 is 2.33 bits per heavy atom. The largest absolute Gasteiger partial charge is 0.306 e. The van der Waals surface area contributed by atoms with Gasteiger partial charge in [0.2, 0.25) is 0 Å². The van der Waals surface area contributed by atoms with E-state index in [1.165, 1.54) is 29.5 Å². The number of rotatable bonds is 6. The molecule has 2 atom stereocenters. The molecule has 0 aliphatic heterocycles. The fraction of sp³-hybridized carbons (Fsp3) is 0.400. The highest BCUT2D eigenvalue weighted by Gasteiger charge is 2.28. The van der Waals surface area contributed by atoms with Gasteiger partial charge in [-0.05, 0) is 54.8 Å². The maximum atomic E-state index is 3.81. The Kier molecular flexibility index (Phi) is 4.40. The second-order valence-corrected chi connectivity index (χ2v) is 6.42. The average Bonchev–Trinajstić information content (AvgIpc) is 3.35. The van der Waals surface area contributed by atoms with Crippen LogP contribution in [0.3, 0.4) is 0 Å². The Balaban J connectivity index is 1.82. The first-order valence-electron chi connectivity index (χ1n) is 8.09. The summed E-state index contributed by atoms with van der Waals surface area (Å²) in [6, 6.07) is 19.8. The fourth-order valence-corrected chi connectivity index (χ4v) is 3.10. The van der Waals surface area contributed by atoms with Crippen molar-refractivity contribution in [3.63, 3.8) is 0 Å². The Bertz CT molecular complexity index is 571. The minimum Gasteiger partial charge on any atom is -0.306 e. The van der Waals surface area contributed by atoms with Crippen molar-refractivity contribution in [1.29, 1.82) is 0 Å². The van der Waals surface area contributed by atoms with E-state index >= 15 is 0 Å². The van der Waals surface area contributed by atoms with E-state index in [0.29, 0.717) is 6.04 Å². The van der Waals surface area contributed by atoms with E-state index in [2.05, 4.69) is 73.8 Å². The van der Waals surface area contributed by atoms with Gasteiger partial charge >= 0.3 is 0 Å². The van der Waals surface area contributed by atoms with Gasteiger partial charge < -0.3 is 5.32 Å². The van der Waals surface area contributed by atoms with Crippen LogP contribution in [0.15, 0.2) is 54.6 Å². The first-order chi connectivity index (χ1) is 10.3. The lowest BCUT2D eigenvalue weighted by Crippen LogP contribution is -2.28. The van der Waals surface area contributed by atoms with Crippen LogP contribution in [0.5, 0.6) is 0 Å². The van der Waals surface area contributed by atoms with E-state index in [4.69, 9.17) is 0 Å². The molecule has 1 aliphatic rings. The predicted molar refractivity (Wildman–Crippen MR) is 89.4 cm³/mol. The first-order valence-corrected chi connectivity index (χ1v) is 8.09. The molecule has 2 aromatic rings. The van der Waals surface area contributed by atoms with Gasteiger partial charge in [-0.3, -0.25) is 0 Å². The van der Waals surface area contributed by atoms with E-state index in [9.17, 15) is 0 Å². The molecule has 0 radical (unpaired) electrons. The molecule has 2 aromatic carbocycles. The summed E-state index contributed by atoms with van der Waals surface area (Å²) in [5.74, 6) is 1.73. The summed E-state index contributed by atoms with van der Waals surface area (Å²) in [5.41, 5.74) is 4.11. The number of benzene rings is 2. The summed E-state index contributed by atoms with van der Waals surface area (Å²) in [6.07, 6.45) is 2.84. The molecule has 3 rings (SSSR count). The lowest BCUT2D eigenvalue weighted by molar-refractivity contribution is 0.440. The maximum Gasteiger partial charge on any atom is 0.0579 e. The highest BCUT2D eigenvalue weighted by Crippen LogP contribution is 2.36. The molecule has 0 aromatic heterocycles. The minimum atomic E-state index is 0.300. The van der Waals surface area contributed by atoms with Gasteiger partial charge in [0.05, 0.1) is 6.04 Å². The monoisotopic (exact) mass is 279 g/mol. The van der Waals surface area contributed by atoms with Crippen LogP contribution in [0.4, 0.5) is 0 Å². The van der Waals surface area contributed by atoms with Crippen LogP contribution >= 0.6 is 0 Å². The smallest absolute Gasteiger partial charge is 0.0579 e. The summed E-state index contributed by atoms with van der Waals surface area (Å²) >= 11 is 0. The molecule has 0 bridgehead atoms. The molecule has 1 heteroatoms. The molecule has 1 nitrogen and oxygen atoms in total. The molecule has 0 heterocycles. The molecule has 110 valence electrons. The van der Waals surface area contributed by atoms with Gasteiger partial charge in [-0.1, -0.05) is 61.5 Å². The zero-order chi connectivity index (χ0) is 14.7. The van der Waals surface area contributed by atoms with E-state index in [0.717, 1.165) is 18.4 Å². The van der Waals surface area contributed by atoms with E-state index in [-0.39, 0.29) is 0 Å². The third-order valence-electron chi connectivity index (χ3n) is 4.70. The van der Waals surface area contributed by atoms with Crippen molar-refractivity contribution >= 4 is 0 Å². The number of hydrogen-bond donors (Lipinski definition) is 1. The van der Waals surface area contributed by atoms with Gasteiger partial charge in [0.1, 0.15) is 0 Å². The van der Waals surface area contributed by atoms with Crippen LogP contribution in [-0.2, 0) is 0 Å². The molecule has 1 N–H and O–H groups in total. The molecule has 1 aliphatic carbocycles. The Hall–Kier alpha value is -1.60. The topological polar surface area (TPSA) is 12.0 Å². The second-order valence-electron chi connectivity index (χ2n) is 6.42. The van der Waals surface area contributed by atoms with Crippen molar-refractivity contribution in [2.75, 3.05) is 6.54 Å². The Morgan fingerprint density at radius 1 is 1.00 bits per heavy atom. The molecule has 1 fully saturated rings. The fourth-order valence-electron chi connectivity index (χ4n) is 3.10. The molecule has 0 saturated heterocycles. The number of aryl methyl sites for hydroxylation is 1. The third kappa shape index (κ3) is 3.54. The normalized spacial score (nSPS) is 17.4. The quantitative estimate of drug-likeness (QED) is 0.806. The zero-order valence-corrected chi connectivity index (χ0v) is 13.0. The molecule has 0 spiro atoms. The number of nitrogens with one attached hydrogen (secondary N) is 1. The van der Waals surface area contributed by atoms with Gasteiger partial charge in [0.25, 0.3) is 0 Å². The standard InChI is InChI=1S/C20H25N/c1-15-8-6-7-11-19(15)20(18-9-4-3-5-10-18)21-14-16(2)17-12-13-17/h3-11,16-17,20-21H,12-14H2,1-2H3. The van der Waals surface area contributed by atoms with E-state index in [1.807, 2.05) is 0 Å². The summed E-state index contributed by atoms with van der Waals surface area (Å²) in [7, 11) is 0. The molecular formula is C20H25N. The predicted octanol–water partition coefficient (Wildman–Crippen LogP) is 4.72. The minimum absolute atomic E-state index is 0.300. The van der Waals surface area contributed by atoms with Gasteiger partial charge in [-0.15, -0.1) is 0 Å². The zero-order valence-electron chi connectivity index (χ0n) is 13.0. The SMILES string of the molecule is Cc1ccccc1C(NCC(C)C1CC1)c1ccccc1. The van der Waals surface area contributed by atoms with Crippen molar-refractivity contribution in [3.05, 3.63) is 71.3 Å². The second kappa shape index (κ2) is 6.44. The van der Waals surface area contributed by atoms with Crippen LogP contribution in [0.2, 0.25) is 0 Å². The van der Waals surface area contributed by atoms with E-state index in [1.54, 1.807) is 0 Å². The Labute approximate surface area is 128 Å². The lowest BCUT2D eigenvalue weighted by Gasteiger charge is -2.23.